The summed E-state index contributed by atoms with van der Waals surface area (Å²) in [5.74, 6) is 1.22. The molecule has 0 spiro atoms. The average molecular weight is 441 g/mol. The van der Waals surface area contributed by atoms with E-state index in [1.54, 1.807) is 18.2 Å². The number of hydrogen-bond donors (Lipinski definition) is 0. The highest BCUT2D eigenvalue weighted by atomic mass is 19.3. The van der Waals surface area contributed by atoms with Gasteiger partial charge in [-0.1, -0.05) is 75.1 Å². The Morgan fingerprint density at radius 1 is 0.906 bits per heavy atom. The molecule has 4 heteroatoms. The van der Waals surface area contributed by atoms with Crippen molar-refractivity contribution in [3.8, 4) is 16.9 Å². The van der Waals surface area contributed by atoms with Crippen molar-refractivity contribution in [3.63, 3.8) is 0 Å². The first kappa shape index (κ1) is 22.7. The van der Waals surface area contributed by atoms with Crippen LogP contribution in [-0.2, 0) is 0 Å². The lowest BCUT2D eigenvalue weighted by Crippen LogP contribution is -2.13. The molecular formula is C28H31F3O. The first-order valence-corrected chi connectivity index (χ1v) is 11.8. The molecule has 0 amide bonds. The molecular weight excluding hydrogens is 409 g/mol. The number of alkyl halides is 2. The molecule has 0 unspecified atom stereocenters. The van der Waals surface area contributed by atoms with Crippen molar-refractivity contribution < 1.29 is 17.9 Å². The third-order valence-corrected chi connectivity index (χ3v) is 6.90. The second-order valence-corrected chi connectivity index (χ2v) is 9.02. The van der Waals surface area contributed by atoms with Gasteiger partial charge < -0.3 is 4.74 Å². The summed E-state index contributed by atoms with van der Waals surface area (Å²) in [6.45, 7) is -0.618. The summed E-state index contributed by atoms with van der Waals surface area (Å²) in [6, 6.07) is 15.9. The van der Waals surface area contributed by atoms with E-state index >= 15 is 4.39 Å². The number of rotatable bonds is 8. The molecule has 170 valence electrons. The molecule has 1 nitrogen and oxygen atoms in total. The number of unbranched alkanes of at least 4 members (excludes halogenated alkanes) is 2. The quantitative estimate of drug-likeness (QED) is 0.317. The molecule has 0 N–H and O–H groups in total. The van der Waals surface area contributed by atoms with Crippen LogP contribution in [0.3, 0.4) is 0 Å². The standard InChI is InChI=1S/C28H31F3O/c1-2-3-4-5-19-6-8-20(9-7-19)22-12-16-26-23(18-22)13-17-25(27(26)29)21-10-14-24(15-11-21)32-28(30)31/h10-20,28H,2-9H2,1H3/t19-,20-. The molecule has 0 atom stereocenters. The summed E-state index contributed by atoms with van der Waals surface area (Å²) >= 11 is 0. The van der Waals surface area contributed by atoms with Crippen molar-refractivity contribution in [2.45, 2.75) is 70.8 Å². The van der Waals surface area contributed by atoms with Crippen LogP contribution < -0.4 is 4.74 Å². The van der Waals surface area contributed by atoms with Crippen LogP contribution in [0.15, 0.2) is 54.6 Å². The van der Waals surface area contributed by atoms with Gasteiger partial charge in [0, 0.05) is 10.9 Å². The normalized spacial score (nSPS) is 18.9. The average Bonchev–Trinajstić information content (AvgIpc) is 2.80. The maximum Gasteiger partial charge on any atom is 0.387 e. The van der Waals surface area contributed by atoms with E-state index in [1.807, 2.05) is 12.1 Å². The number of ether oxygens (including phenoxy) is 1. The summed E-state index contributed by atoms with van der Waals surface area (Å²) in [4.78, 5) is 0. The van der Waals surface area contributed by atoms with Crippen molar-refractivity contribution in [1.29, 1.82) is 0 Å². The highest BCUT2D eigenvalue weighted by molar-refractivity contribution is 5.89. The van der Waals surface area contributed by atoms with E-state index in [9.17, 15) is 8.78 Å². The van der Waals surface area contributed by atoms with Crippen LogP contribution in [0.4, 0.5) is 13.2 Å². The molecule has 0 saturated heterocycles. The Morgan fingerprint density at radius 3 is 2.34 bits per heavy atom. The molecule has 3 aromatic rings. The summed E-state index contributed by atoms with van der Waals surface area (Å²) in [7, 11) is 0. The highest BCUT2D eigenvalue weighted by Crippen LogP contribution is 2.39. The zero-order valence-electron chi connectivity index (χ0n) is 18.6. The SMILES string of the molecule is CCCCC[C@H]1CC[C@H](c2ccc3c(F)c(-c4ccc(OC(F)F)cc4)ccc3c2)CC1. The molecule has 0 aliphatic heterocycles. The van der Waals surface area contributed by atoms with Gasteiger partial charge in [-0.3, -0.25) is 0 Å². The Morgan fingerprint density at radius 2 is 1.66 bits per heavy atom. The predicted octanol–water partition coefficient (Wildman–Crippen LogP) is 9.10. The van der Waals surface area contributed by atoms with Gasteiger partial charge in [0.05, 0.1) is 0 Å². The fraction of sp³-hybridized carbons (Fsp3) is 0.429. The molecule has 1 saturated carbocycles. The highest BCUT2D eigenvalue weighted by Gasteiger charge is 2.22. The van der Waals surface area contributed by atoms with Gasteiger partial charge in [-0.2, -0.15) is 8.78 Å². The van der Waals surface area contributed by atoms with E-state index in [-0.39, 0.29) is 11.6 Å². The Balaban J connectivity index is 1.48. The van der Waals surface area contributed by atoms with Crippen LogP contribution in [0.1, 0.15) is 69.8 Å². The van der Waals surface area contributed by atoms with E-state index in [0.29, 0.717) is 22.4 Å². The third-order valence-electron chi connectivity index (χ3n) is 6.90. The molecule has 0 aromatic heterocycles. The van der Waals surface area contributed by atoms with Crippen LogP contribution in [0.5, 0.6) is 5.75 Å². The Bertz CT molecular complexity index is 1020. The minimum Gasteiger partial charge on any atom is -0.435 e. The van der Waals surface area contributed by atoms with Crippen LogP contribution in [0, 0.1) is 11.7 Å². The number of fused-ring (bicyclic) bond motifs is 1. The molecule has 32 heavy (non-hydrogen) atoms. The Kier molecular flexibility index (Phi) is 7.39. The largest absolute Gasteiger partial charge is 0.435 e. The molecule has 0 bridgehead atoms. The first-order valence-electron chi connectivity index (χ1n) is 11.8. The molecule has 0 heterocycles. The van der Waals surface area contributed by atoms with Crippen LogP contribution in [-0.4, -0.2) is 6.61 Å². The van der Waals surface area contributed by atoms with Crippen molar-refractivity contribution >= 4 is 10.8 Å². The van der Waals surface area contributed by atoms with Crippen molar-refractivity contribution in [2.24, 2.45) is 5.92 Å². The molecule has 1 fully saturated rings. The van der Waals surface area contributed by atoms with Gasteiger partial charge in [-0.05, 0) is 66.2 Å². The zero-order chi connectivity index (χ0) is 22.5. The van der Waals surface area contributed by atoms with Crippen molar-refractivity contribution in [3.05, 3.63) is 66.0 Å². The number of halogens is 3. The van der Waals surface area contributed by atoms with Gasteiger partial charge in [-0.25, -0.2) is 4.39 Å². The minimum atomic E-state index is -2.87. The lowest BCUT2D eigenvalue weighted by molar-refractivity contribution is -0.0498. The number of hydrogen-bond acceptors (Lipinski definition) is 1. The lowest BCUT2D eigenvalue weighted by Gasteiger charge is -2.29. The topological polar surface area (TPSA) is 9.23 Å². The van der Waals surface area contributed by atoms with E-state index < -0.39 is 6.61 Å². The summed E-state index contributed by atoms with van der Waals surface area (Å²) in [5, 5.41) is 1.50. The smallest absolute Gasteiger partial charge is 0.387 e. The number of benzene rings is 3. The summed E-state index contributed by atoms with van der Waals surface area (Å²) in [6.07, 6.45) is 10.4. The zero-order valence-corrected chi connectivity index (χ0v) is 18.6. The van der Waals surface area contributed by atoms with Gasteiger partial charge >= 0.3 is 6.61 Å². The second kappa shape index (κ2) is 10.4. The monoisotopic (exact) mass is 440 g/mol. The van der Waals surface area contributed by atoms with Crippen LogP contribution in [0.2, 0.25) is 0 Å². The van der Waals surface area contributed by atoms with Gasteiger partial charge in [0.2, 0.25) is 0 Å². The van der Waals surface area contributed by atoms with Gasteiger partial charge in [0.25, 0.3) is 0 Å². The summed E-state index contributed by atoms with van der Waals surface area (Å²) in [5.41, 5.74) is 2.41. The fourth-order valence-corrected chi connectivity index (χ4v) is 5.07. The minimum absolute atomic E-state index is 0.0645. The molecule has 4 rings (SSSR count). The van der Waals surface area contributed by atoms with Crippen molar-refractivity contribution in [1.82, 2.24) is 0 Å². The third kappa shape index (κ3) is 5.28. The van der Waals surface area contributed by atoms with Gasteiger partial charge in [0.1, 0.15) is 11.6 Å². The molecule has 1 aliphatic rings. The van der Waals surface area contributed by atoms with Crippen molar-refractivity contribution in [2.75, 3.05) is 0 Å². The van der Waals surface area contributed by atoms with E-state index in [2.05, 4.69) is 23.8 Å². The van der Waals surface area contributed by atoms with E-state index in [0.717, 1.165) is 11.3 Å². The first-order chi connectivity index (χ1) is 15.5. The van der Waals surface area contributed by atoms with Gasteiger partial charge in [0.15, 0.2) is 0 Å². The van der Waals surface area contributed by atoms with Gasteiger partial charge in [-0.15, -0.1) is 0 Å². The molecule has 1 aliphatic carbocycles. The Hall–Kier alpha value is -2.49. The predicted molar refractivity (Wildman–Crippen MR) is 125 cm³/mol. The fourth-order valence-electron chi connectivity index (χ4n) is 5.07. The van der Waals surface area contributed by atoms with E-state index in [1.165, 1.54) is 69.1 Å². The lowest BCUT2D eigenvalue weighted by atomic mass is 9.76. The summed E-state index contributed by atoms with van der Waals surface area (Å²) < 4.78 is 44.4. The second-order valence-electron chi connectivity index (χ2n) is 9.02. The van der Waals surface area contributed by atoms with Crippen LogP contribution >= 0.6 is 0 Å². The van der Waals surface area contributed by atoms with E-state index in [4.69, 9.17) is 0 Å². The Labute approximate surface area is 188 Å². The molecule has 0 radical (unpaired) electrons. The maximum absolute atomic E-state index is 15.3. The maximum atomic E-state index is 15.3. The van der Waals surface area contributed by atoms with Crippen LogP contribution in [0.25, 0.3) is 21.9 Å². The molecule has 3 aromatic carbocycles.